The Bertz CT molecular complexity index is 2920. The molecular weight excluding hydrogens is 1130 g/mol. The summed E-state index contributed by atoms with van der Waals surface area (Å²) in [5, 5.41) is 46.3. The molecule has 1 unspecified atom stereocenters. The molecule has 0 aliphatic carbocycles. The van der Waals surface area contributed by atoms with Crippen molar-refractivity contribution in [3.05, 3.63) is 138 Å². The Morgan fingerprint density at radius 1 is 0.674 bits per heavy atom. The summed E-state index contributed by atoms with van der Waals surface area (Å²) in [5.41, 5.74) is 3.81. The van der Waals surface area contributed by atoms with Crippen LogP contribution in [0, 0.1) is 5.92 Å². The quantitative estimate of drug-likeness (QED) is 0.0220. The number of unbranched alkanes of at least 4 members (excludes halogenated alkanes) is 3. The molecule has 86 heavy (non-hydrogen) atoms. The molecule has 2 aromatic heterocycles. The molecule has 4 heterocycles. The number of benzene rings is 3. The van der Waals surface area contributed by atoms with E-state index in [1.165, 1.54) is 0 Å². The second kappa shape index (κ2) is 34.1. The Balaban J connectivity index is 0.896. The number of amides is 3. The van der Waals surface area contributed by atoms with Gasteiger partial charge in [0.25, 0.3) is 0 Å². The molecule has 3 amide bonds. The normalized spacial score (nSPS) is 17.4. The van der Waals surface area contributed by atoms with Gasteiger partial charge in [-0.3, -0.25) is 67.8 Å². The summed E-state index contributed by atoms with van der Waals surface area (Å²) in [7, 11) is -4.56. The molecule has 7 rings (SSSR count). The van der Waals surface area contributed by atoms with E-state index >= 15 is 0 Å². The van der Waals surface area contributed by atoms with E-state index in [4.69, 9.17) is 4.74 Å². The molecule has 0 saturated carbocycles. The Labute approximate surface area is 500 Å². The molecule has 2 fully saturated rings. The molecule has 27 heteroatoms. The van der Waals surface area contributed by atoms with Gasteiger partial charge in [-0.15, -0.1) is 5.10 Å². The van der Waals surface area contributed by atoms with Crippen molar-refractivity contribution >= 4 is 43.2 Å². The number of nitrogens with one attached hydrogen (secondary N) is 4. The van der Waals surface area contributed by atoms with Crippen molar-refractivity contribution in [1.82, 2.24) is 65.3 Å². The van der Waals surface area contributed by atoms with Crippen LogP contribution in [-0.2, 0) is 66.1 Å². The van der Waals surface area contributed by atoms with Crippen molar-refractivity contribution in [2.75, 3.05) is 105 Å². The van der Waals surface area contributed by atoms with Crippen LogP contribution in [-0.4, -0.2) is 221 Å². The number of nitrogens with zero attached hydrogens (tertiary/aromatic N) is 9. The highest BCUT2D eigenvalue weighted by atomic mass is 31.2. The van der Waals surface area contributed by atoms with E-state index in [2.05, 4.69) is 36.1 Å². The third-order valence-electron chi connectivity index (χ3n) is 15.1. The van der Waals surface area contributed by atoms with Crippen molar-refractivity contribution < 1.29 is 63.2 Å². The smallest absolute Gasteiger partial charge is 0.346 e. The van der Waals surface area contributed by atoms with Crippen molar-refractivity contribution in [2.24, 2.45) is 5.92 Å². The summed E-state index contributed by atoms with van der Waals surface area (Å²) in [5.74, 6) is -4.63. The van der Waals surface area contributed by atoms with Gasteiger partial charge < -0.3 is 50.4 Å². The van der Waals surface area contributed by atoms with Gasteiger partial charge in [-0.1, -0.05) is 90.9 Å². The predicted octanol–water partition coefficient (Wildman–Crippen LogP) is 2.34. The predicted molar refractivity (Wildman–Crippen MR) is 317 cm³/mol. The van der Waals surface area contributed by atoms with E-state index in [1.807, 2.05) is 83.9 Å². The molecule has 466 valence electrons. The summed E-state index contributed by atoms with van der Waals surface area (Å²) >= 11 is 0. The van der Waals surface area contributed by atoms with Gasteiger partial charge in [0.15, 0.2) is 0 Å². The third kappa shape index (κ3) is 23.1. The van der Waals surface area contributed by atoms with Crippen molar-refractivity contribution in [3.8, 4) is 5.75 Å². The number of H-pyrrole nitrogens is 1. The number of carbonyl (C=O) groups excluding carboxylic acids is 3. The largest absolute Gasteiger partial charge is 0.487 e. The van der Waals surface area contributed by atoms with Crippen LogP contribution < -0.4 is 20.7 Å². The Kier molecular flexibility index (Phi) is 26.2. The Hall–Kier alpha value is -7.39. The van der Waals surface area contributed by atoms with Crippen molar-refractivity contribution in [1.29, 1.82) is 0 Å². The van der Waals surface area contributed by atoms with Gasteiger partial charge in [0.05, 0.1) is 38.9 Å². The summed E-state index contributed by atoms with van der Waals surface area (Å²) in [6, 6.07) is 28.9. The Morgan fingerprint density at radius 3 is 1.78 bits per heavy atom. The fourth-order valence-electron chi connectivity index (χ4n) is 10.7. The minimum Gasteiger partial charge on any atom is -0.487 e. The zero-order chi connectivity index (χ0) is 61.3. The number of hydrogen-bond acceptors (Lipinski definition) is 16. The van der Waals surface area contributed by atoms with Gasteiger partial charge >= 0.3 is 25.5 Å². The highest BCUT2D eigenvalue weighted by molar-refractivity contribution is 7.52. The first-order chi connectivity index (χ1) is 41.4. The number of aliphatic carboxylic acids is 3. The molecule has 3 aromatic carbocycles. The van der Waals surface area contributed by atoms with Crippen molar-refractivity contribution in [3.63, 3.8) is 0 Å². The van der Waals surface area contributed by atoms with Gasteiger partial charge in [-0.25, -0.2) is 0 Å². The second-order valence-corrected chi connectivity index (χ2v) is 23.7. The summed E-state index contributed by atoms with van der Waals surface area (Å²) < 4.78 is 20.2. The molecule has 2 aliphatic heterocycles. The topological polar surface area (TPSA) is 332 Å². The maximum Gasteiger partial charge on any atom is 0.346 e. The van der Waals surface area contributed by atoms with Gasteiger partial charge in [0.1, 0.15) is 29.9 Å². The first-order valence-corrected chi connectivity index (χ1v) is 30.8. The average Bonchev–Trinajstić information content (AvgIpc) is 3.39. The monoisotopic (exact) mass is 1210 g/mol. The fourth-order valence-corrected chi connectivity index (χ4v) is 11.6. The maximum atomic E-state index is 14.5. The van der Waals surface area contributed by atoms with Crippen LogP contribution in [0.25, 0.3) is 0 Å². The number of ether oxygens (including phenoxy) is 1. The molecule has 26 nitrogen and oxygen atoms in total. The lowest BCUT2D eigenvalue weighted by Gasteiger charge is -2.32. The Morgan fingerprint density at radius 2 is 1.23 bits per heavy atom. The molecule has 5 aromatic rings. The summed E-state index contributed by atoms with van der Waals surface area (Å²) in [4.78, 5) is 111. The number of likely N-dealkylation sites (tertiary alicyclic amines) is 1. The first kappa shape index (κ1) is 66.1. The number of aromatic amines is 1. The maximum absolute atomic E-state index is 14.5. The lowest BCUT2D eigenvalue weighted by molar-refractivity contribution is -0.140. The highest BCUT2D eigenvalue weighted by Crippen LogP contribution is 2.50. The number of aromatic nitrogens is 4. The summed E-state index contributed by atoms with van der Waals surface area (Å²) in [6.45, 7) is 4.54. The van der Waals surface area contributed by atoms with Crippen LogP contribution in [0.15, 0.2) is 109 Å². The first-order valence-electron chi connectivity index (χ1n) is 29.1. The lowest BCUT2D eigenvalue weighted by atomic mass is 10.1. The van der Waals surface area contributed by atoms with Crippen LogP contribution >= 0.6 is 7.60 Å². The number of carbonyl (C=O) groups is 6. The van der Waals surface area contributed by atoms with E-state index < -0.39 is 37.3 Å². The van der Waals surface area contributed by atoms with Crippen LogP contribution in [0.3, 0.4) is 0 Å². The zero-order valence-electron chi connectivity index (χ0n) is 48.5. The molecule has 0 bridgehead atoms. The number of rotatable bonds is 32. The minimum absolute atomic E-state index is 0.0211. The van der Waals surface area contributed by atoms with Crippen molar-refractivity contribution in [2.45, 2.75) is 76.7 Å². The van der Waals surface area contributed by atoms with Gasteiger partial charge in [0, 0.05) is 110 Å². The summed E-state index contributed by atoms with van der Waals surface area (Å²) in [6.07, 6.45) is 6.88. The van der Waals surface area contributed by atoms with Gasteiger partial charge in [-0.2, -0.15) is 0 Å². The zero-order valence-corrected chi connectivity index (χ0v) is 49.4. The van der Waals surface area contributed by atoms with E-state index in [9.17, 15) is 58.4 Å². The molecular formula is C59H82N13O13P. The number of carboxylic acid groups (broad SMARTS) is 3. The average molecular weight is 1210 g/mol. The fraction of sp³-hybridized carbons (Fsp3) is 0.492. The number of hydrogen-bond donors (Lipinski definition) is 9. The SMILES string of the molecule is O=C(O)CN1CCN(CC(=O)O)CCN(CC(=O)NCCCCCCNC(=O)[C@@H]2C[C@H](Cn3cc(COc4ccc(C(NCc5ccccc5)P(=O)(O)O)cc4)nn3)CN2C(=O)CN(Cc2ccccc2)Cc2ccc[nH]2)CCN(CC(=O)O)CC1. The molecule has 2 aliphatic rings. The lowest BCUT2D eigenvalue weighted by Crippen LogP contribution is -2.49. The van der Waals surface area contributed by atoms with Crippen LogP contribution in [0.5, 0.6) is 5.75 Å². The molecule has 3 atom stereocenters. The van der Waals surface area contributed by atoms with Gasteiger partial charge in [-0.05, 0) is 66.1 Å². The second-order valence-electron chi connectivity index (χ2n) is 22.0. The van der Waals surface area contributed by atoms with E-state index in [0.29, 0.717) is 102 Å². The minimum atomic E-state index is -4.56. The molecule has 0 radical (unpaired) electrons. The van der Waals surface area contributed by atoms with E-state index in [-0.39, 0.29) is 95.7 Å². The molecule has 9 N–H and O–H groups in total. The van der Waals surface area contributed by atoms with Crippen LogP contribution in [0.4, 0.5) is 0 Å². The van der Waals surface area contributed by atoms with Crippen LogP contribution in [0.2, 0.25) is 0 Å². The van der Waals surface area contributed by atoms with E-state index in [1.54, 1.807) is 54.7 Å². The van der Waals surface area contributed by atoms with Gasteiger partial charge in [0.2, 0.25) is 17.7 Å². The number of carboxylic acids is 3. The third-order valence-corrected chi connectivity index (χ3v) is 16.2. The van der Waals surface area contributed by atoms with E-state index in [0.717, 1.165) is 29.7 Å². The molecule has 2 saturated heterocycles. The van der Waals surface area contributed by atoms with Crippen LogP contribution in [0.1, 0.15) is 66.0 Å². The standard InChI is InChI=1S/C59H82N13O13P/c73-53(39-66-24-26-67(41-55(75)76)28-30-69(43-57(79)80)31-29-68(27-25-66)42-56(77)78)61-21-9-1-2-10-22-62-58(81)52-32-47(36-72(52)54(74)40-70(37-49-16-11-23-60-49)34-46-14-7-4-8-15-46)35-71-38-50(64-65-71)44-85-51-19-17-48(18-20-51)59(86(82,83)84)63-33-45-12-5-3-6-13-45/h3-8,11-20,23,38,47,52,59-60,63H,1-2,9-10,21-22,24-37,39-44H2,(H,61,73)(H,62,81)(H,75,76)(H,77,78)(H,79,80)(H2,82,83,84)/t47-,52+,59?/m1/s1. The highest BCUT2D eigenvalue weighted by Gasteiger charge is 2.40. The molecule has 0 spiro atoms.